The predicted octanol–water partition coefficient (Wildman–Crippen LogP) is 2.11. The van der Waals surface area contributed by atoms with Gasteiger partial charge in [-0.15, -0.1) is 0 Å². The first-order chi connectivity index (χ1) is 8.31. The zero-order chi connectivity index (χ0) is 12.1. The van der Waals surface area contributed by atoms with E-state index in [0.717, 1.165) is 0 Å². The van der Waals surface area contributed by atoms with E-state index in [2.05, 4.69) is 10.2 Å². The molecule has 0 radical (unpaired) electrons. The van der Waals surface area contributed by atoms with Crippen LogP contribution in [0.3, 0.4) is 0 Å². The van der Waals surface area contributed by atoms with E-state index in [0.29, 0.717) is 23.5 Å². The fourth-order valence-corrected chi connectivity index (χ4v) is 1.49. The molecule has 1 heterocycles. The highest BCUT2D eigenvalue weighted by atomic mass is 16.5. The van der Waals surface area contributed by atoms with Gasteiger partial charge in [-0.1, -0.05) is 12.1 Å². The van der Waals surface area contributed by atoms with Crippen LogP contribution in [0.4, 0.5) is 0 Å². The number of benzene rings is 1. The van der Waals surface area contributed by atoms with Crippen molar-refractivity contribution in [2.75, 3.05) is 6.61 Å². The minimum atomic E-state index is -0.0820. The van der Waals surface area contributed by atoms with E-state index < -0.39 is 0 Å². The largest absolute Gasteiger partial charge is 0.494 e. The van der Waals surface area contributed by atoms with Gasteiger partial charge in [-0.25, -0.2) is 0 Å². The summed E-state index contributed by atoms with van der Waals surface area (Å²) in [5.41, 5.74) is 1.11. The van der Waals surface area contributed by atoms with Crippen LogP contribution in [0.1, 0.15) is 22.8 Å². The molecule has 0 N–H and O–H groups in total. The quantitative estimate of drug-likeness (QED) is 0.752. The van der Waals surface area contributed by atoms with Crippen LogP contribution in [0.25, 0.3) is 0 Å². The molecule has 0 atom stereocenters. The fourth-order valence-electron chi connectivity index (χ4n) is 1.49. The highest BCUT2D eigenvalue weighted by Crippen LogP contribution is 2.16. The van der Waals surface area contributed by atoms with Gasteiger partial charge in [-0.2, -0.15) is 10.2 Å². The van der Waals surface area contributed by atoms with Gasteiger partial charge in [-0.05, 0) is 25.1 Å². The van der Waals surface area contributed by atoms with Gasteiger partial charge in [0.25, 0.3) is 0 Å². The number of nitrogens with zero attached hydrogens (tertiary/aromatic N) is 2. The molecule has 4 nitrogen and oxygen atoms in total. The van der Waals surface area contributed by atoms with Crippen molar-refractivity contribution in [3.8, 4) is 5.75 Å². The molecule has 0 saturated carbocycles. The Hall–Kier alpha value is -2.23. The lowest BCUT2D eigenvalue weighted by atomic mass is 10.1. The third kappa shape index (κ3) is 2.66. The molecule has 0 aliphatic carbocycles. The smallest absolute Gasteiger partial charge is 0.194 e. The molecule has 0 amide bonds. The molecule has 4 heteroatoms. The first-order valence-corrected chi connectivity index (χ1v) is 5.35. The summed E-state index contributed by atoms with van der Waals surface area (Å²) in [5.74, 6) is 0.613. The molecular formula is C13H12N2O2. The first kappa shape index (κ1) is 11.3. The highest BCUT2D eigenvalue weighted by molar-refractivity contribution is 6.08. The van der Waals surface area contributed by atoms with Gasteiger partial charge in [-0.3, -0.25) is 4.79 Å². The molecule has 2 aromatic rings. The lowest BCUT2D eigenvalue weighted by molar-refractivity contribution is 0.103. The highest BCUT2D eigenvalue weighted by Gasteiger charge is 2.09. The van der Waals surface area contributed by atoms with E-state index >= 15 is 0 Å². The predicted molar refractivity (Wildman–Crippen MR) is 63.1 cm³/mol. The van der Waals surface area contributed by atoms with Crippen molar-refractivity contribution < 1.29 is 9.53 Å². The SMILES string of the molecule is CCOc1cccc(C(=O)c2ccnnc2)c1. The minimum Gasteiger partial charge on any atom is -0.494 e. The third-order valence-electron chi connectivity index (χ3n) is 2.25. The molecule has 86 valence electrons. The van der Waals surface area contributed by atoms with Crippen LogP contribution in [-0.2, 0) is 0 Å². The average Bonchev–Trinajstić information content (AvgIpc) is 2.40. The molecule has 0 fully saturated rings. The summed E-state index contributed by atoms with van der Waals surface area (Å²) >= 11 is 0. The second-order valence-corrected chi connectivity index (χ2v) is 3.42. The summed E-state index contributed by atoms with van der Waals surface area (Å²) in [6.07, 6.45) is 2.95. The maximum Gasteiger partial charge on any atom is 0.194 e. The first-order valence-electron chi connectivity index (χ1n) is 5.35. The molecule has 1 aromatic carbocycles. The molecule has 0 saturated heterocycles. The number of ketones is 1. The number of carbonyl (C=O) groups is 1. The van der Waals surface area contributed by atoms with Gasteiger partial charge in [0.1, 0.15) is 5.75 Å². The summed E-state index contributed by atoms with van der Waals surface area (Å²) in [6, 6.07) is 8.75. The van der Waals surface area contributed by atoms with Crippen molar-refractivity contribution in [2.24, 2.45) is 0 Å². The van der Waals surface area contributed by atoms with Crippen molar-refractivity contribution in [3.05, 3.63) is 53.9 Å². The second kappa shape index (κ2) is 5.21. The average molecular weight is 228 g/mol. The van der Waals surface area contributed by atoms with Gasteiger partial charge in [0.2, 0.25) is 0 Å². The Labute approximate surface area is 99.3 Å². The maximum atomic E-state index is 12.1. The molecule has 0 spiro atoms. The summed E-state index contributed by atoms with van der Waals surface area (Å²) < 4.78 is 5.35. The van der Waals surface area contributed by atoms with Crippen molar-refractivity contribution in [1.29, 1.82) is 0 Å². The minimum absolute atomic E-state index is 0.0820. The van der Waals surface area contributed by atoms with Gasteiger partial charge in [0.05, 0.1) is 19.0 Å². The van der Waals surface area contributed by atoms with Crippen molar-refractivity contribution in [2.45, 2.75) is 6.92 Å². The van der Waals surface area contributed by atoms with Gasteiger partial charge >= 0.3 is 0 Å². The number of hydrogen-bond acceptors (Lipinski definition) is 4. The Bertz CT molecular complexity index is 512. The van der Waals surface area contributed by atoms with Crippen LogP contribution < -0.4 is 4.74 Å². The van der Waals surface area contributed by atoms with E-state index in [1.807, 2.05) is 13.0 Å². The molecule has 17 heavy (non-hydrogen) atoms. The normalized spacial score (nSPS) is 9.94. The number of rotatable bonds is 4. The monoisotopic (exact) mass is 228 g/mol. The van der Waals surface area contributed by atoms with Gasteiger partial charge < -0.3 is 4.74 Å². The lowest BCUT2D eigenvalue weighted by Crippen LogP contribution is -2.03. The summed E-state index contributed by atoms with van der Waals surface area (Å²) in [4.78, 5) is 12.1. The molecule has 0 bridgehead atoms. The number of aromatic nitrogens is 2. The van der Waals surface area contributed by atoms with Crippen molar-refractivity contribution in [1.82, 2.24) is 10.2 Å². The molecule has 1 aromatic heterocycles. The molecule has 0 aliphatic rings. The molecule has 0 aliphatic heterocycles. The van der Waals surface area contributed by atoms with Crippen LogP contribution in [0.2, 0.25) is 0 Å². The Morgan fingerprint density at radius 3 is 2.82 bits per heavy atom. The Balaban J connectivity index is 2.28. The lowest BCUT2D eigenvalue weighted by Gasteiger charge is -2.05. The summed E-state index contributed by atoms with van der Waals surface area (Å²) in [6.45, 7) is 2.48. The fraction of sp³-hybridized carbons (Fsp3) is 0.154. The summed E-state index contributed by atoms with van der Waals surface area (Å²) in [5, 5.41) is 7.33. The Morgan fingerprint density at radius 1 is 1.24 bits per heavy atom. The van der Waals surface area contributed by atoms with Crippen LogP contribution in [0.5, 0.6) is 5.75 Å². The molecule has 0 unspecified atom stereocenters. The van der Waals surface area contributed by atoms with Gasteiger partial charge in [0, 0.05) is 11.1 Å². The topological polar surface area (TPSA) is 52.1 Å². The Kier molecular flexibility index (Phi) is 3.45. The number of hydrogen-bond donors (Lipinski definition) is 0. The van der Waals surface area contributed by atoms with Crippen molar-refractivity contribution in [3.63, 3.8) is 0 Å². The van der Waals surface area contributed by atoms with E-state index in [4.69, 9.17) is 4.74 Å². The van der Waals surface area contributed by atoms with Crippen LogP contribution >= 0.6 is 0 Å². The third-order valence-corrected chi connectivity index (χ3v) is 2.25. The summed E-state index contributed by atoms with van der Waals surface area (Å²) in [7, 11) is 0. The van der Waals surface area contributed by atoms with Crippen LogP contribution in [-0.4, -0.2) is 22.6 Å². The second-order valence-electron chi connectivity index (χ2n) is 3.42. The Morgan fingerprint density at radius 2 is 2.12 bits per heavy atom. The van der Waals surface area contributed by atoms with Crippen LogP contribution in [0, 0.1) is 0 Å². The van der Waals surface area contributed by atoms with Crippen molar-refractivity contribution >= 4 is 5.78 Å². The van der Waals surface area contributed by atoms with E-state index in [9.17, 15) is 4.79 Å². The molecular weight excluding hydrogens is 216 g/mol. The number of ether oxygens (including phenoxy) is 1. The zero-order valence-corrected chi connectivity index (χ0v) is 9.46. The maximum absolute atomic E-state index is 12.1. The number of carbonyl (C=O) groups excluding carboxylic acids is 1. The standard InChI is InChI=1S/C13H12N2O2/c1-2-17-12-5-3-4-10(8-12)13(16)11-6-7-14-15-9-11/h3-9H,2H2,1H3. The van der Waals surface area contributed by atoms with E-state index in [1.165, 1.54) is 12.4 Å². The molecule has 2 rings (SSSR count). The van der Waals surface area contributed by atoms with E-state index in [-0.39, 0.29) is 5.78 Å². The van der Waals surface area contributed by atoms with Gasteiger partial charge in [0.15, 0.2) is 5.78 Å². The van der Waals surface area contributed by atoms with E-state index in [1.54, 1.807) is 24.3 Å². The zero-order valence-electron chi connectivity index (χ0n) is 9.46. The van der Waals surface area contributed by atoms with Crippen LogP contribution in [0.15, 0.2) is 42.7 Å².